The summed E-state index contributed by atoms with van der Waals surface area (Å²) in [6.45, 7) is 8.92. The Morgan fingerprint density at radius 1 is 1.37 bits per heavy atom. The molecule has 0 radical (unpaired) electrons. The van der Waals surface area contributed by atoms with Crippen LogP contribution in [-0.2, 0) is 0 Å². The van der Waals surface area contributed by atoms with Crippen LogP contribution in [0.2, 0.25) is 5.15 Å². The molecule has 1 aromatic heterocycles. The number of hydrogen-bond acceptors (Lipinski definition) is 2. The number of benzene rings is 1. The quantitative estimate of drug-likeness (QED) is 0.665. The largest absolute Gasteiger partial charge is 0.478 e. The van der Waals surface area contributed by atoms with Crippen molar-refractivity contribution in [3.63, 3.8) is 0 Å². The van der Waals surface area contributed by atoms with Gasteiger partial charge in [0.1, 0.15) is 5.15 Å². The predicted octanol–water partition coefficient (Wildman–Crippen LogP) is 3.96. The Bertz CT molecular complexity index is 705. The van der Waals surface area contributed by atoms with Crippen LogP contribution in [0.25, 0.3) is 16.1 Å². The topological polar surface area (TPSA) is 54.5 Å². The summed E-state index contributed by atoms with van der Waals surface area (Å²) in [7, 11) is 0. The van der Waals surface area contributed by atoms with E-state index in [4.69, 9.17) is 23.3 Å². The number of carbonyl (C=O) groups is 1. The summed E-state index contributed by atoms with van der Waals surface area (Å²) >= 11 is 5.81. The third kappa shape index (κ3) is 2.72. The van der Waals surface area contributed by atoms with Gasteiger partial charge in [-0.3, -0.25) is 0 Å². The van der Waals surface area contributed by atoms with Crippen LogP contribution in [0.5, 0.6) is 0 Å². The Hall–Kier alpha value is -2.38. The number of rotatable bonds is 2. The minimum Gasteiger partial charge on any atom is -0.478 e. The van der Waals surface area contributed by atoms with Gasteiger partial charge in [-0.15, -0.1) is 0 Å². The number of carboxylic acids is 1. The van der Waals surface area contributed by atoms with Crippen LogP contribution >= 0.6 is 11.6 Å². The second kappa shape index (κ2) is 5.09. The van der Waals surface area contributed by atoms with Crippen molar-refractivity contribution in [1.82, 2.24) is 4.98 Å². The Morgan fingerprint density at radius 3 is 2.74 bits per heavy atom. The van der Waals surface area contributed by atoms with Gasteiger partial charge in [0, 0.05) is 0 Å². The van der Waals surface area contributed by atoms with Crippen molar-refractivity contribution in [3.05, 3.63) is 58.0 Å². The van der Waals surface area contributed by atoms with E-state index in [0.717, 1.165) is 5.56 Å². The highest BCUT2D eigenvalue weighted by atomic mass is 35.5. The first-order valence-corrected chi connectivity index (χ1v) is 5.78. The fraction of sp³-hybridized carbons (Fsp3) is 0.0714. The number of nitrogens with zero attached hydrogens (tertiary/aromatic N) is 2. The lowest BCUT2D eigenvalue weighted by Gasteiger charge is -2.05. The van der Waals surface area contributed by atoms with Crippen molar-refractivity contribution in [3.8, 4) is 11.3 Å². The summed E-state index contributed by atoms with van der Waals surface area (Å²) in [5.74, 6) is -1.07. The summed E-state index contributed by atoms with van der Waals surface area (Å²) in [5.41, 5.74) is 2.55. The van der Waals surface area contributed by atoms with E-state index in [0.29, 0.717) is 16.9 Å². The molecule has 1 N–H and O–H groups in total. The van der Waals surface area contributed by atoms with Gasteiger partial charge in [-0.05, 0) is 36.2 Å². The lowest BCUT2D eigenvalue weighted by molar-refractivity contribution is 0.0697. The van der Waals surface area contributed by atoms with Crippen LogP contribution in [0.4, 0.5) is 5.69 Å². The normalized spacial score (nSPS) is 9.95. The molecule has 0 aliphatic heterocycles. The Kier molecular flexibility index (Phi) is 3.50. The maximum absolute atomic E-state index is 11.0. The second-order valence-electron chi connectivity index (χ2n) is 3.98. The first-order chi connectivity index (χ1) is 9.01. The van der Waals surface area contributed by atoms with E-state index >= 15 is 0 Å². The lowest BCUT2D eigenvalue weighted by atomic mass is 10.1. The predicted molar refractivity (Wildman–Crippen MR) is 72.6 cm³/mol. The molecule has 0 bridgehead atoms. The van der Waals surface area contributed by atoms with Gasteiger partial charge in [-0.2, -0.15) is 0 Å². The van der Waals surface area contributed by atoms with Crippen LogP contribution in [-0.4, -0.2) is 16.1 Å². The molecule has 94 valence electrons. The van der Waals surface area contributed by atoms with Gasteiger partial charge < -0.3 is 5.11 Å². The highest BCUT2D eigenvalue weighted by molar-refractivity contribution is 6.29. The van der Waals surface area contributed by atoms with Crippen LogP contribution in [0.1, 0.15) is 15.9 Å². The summed E-state index contributed by atoms with van der Waals surface area (Å²) in [6, 6.07) is 7.98. The first kappa shape index (κ1) is 13.1. The molecular weight excluding hydrogens is 264 g/mol. The fourth-order valence-corrected chi connectivity index (χ4v) is 1.87. The SMILES string of the molecule is [C-]#[N+]c1cc(-c2cc(C(=O)O)cc(Cl)n2)ccc1C. The number of hydrogen-bond donors (Lipinski definition) is 1. The van der Waals surface area contributed by atoms with Crippen LogP contribution in [0.15, 0.2) is 30.3 Å². The third-order valence-electron chi connectivity index (χ3n) is 2.67. The number of aryl methyl sites for hydroxylation is 1. The van der Waals surface area contributed by atoms with Crippen molar-refractivity contribution < 1.29 is 9.90 Å². The zero-order valence-electron chi connectivity index (χ0n) is 10.0. The number of carboxylic acid groups (broad SMARTS) is 1. The molecule has 0 spiro atoms. The summed E-state index contributed by atoms with van der Waals surface area (Å²) < 4.78 is 0. The molecule has 4 nitrogen and oxygen atoms in total. The van der Waals surface area contributed by atoms with E-state index in [1.165, 1.54) is 12.1 Å². The molecule has 19 heavy (non-hydrogen) atoms. The molecule has 0 aliphatic rings. The van der Waals surface area contributed by atoms with Crippen molar-refractivity contribution >= 4 is 23.3 Å². The van der Waals surface area contributed by atoms with Crippen molar-refractivity contribution in [1.29, 1.82) is 0 Å². The maximum Gasteiger partial charge on any atom is 0.335 e. The molecule has 2 rings (SSSR count). The Balaban J connectivity index is 2.59. The average Bonchev–Trinajstić information content (AvgIpc) is 2.38. The monoisotopic (exact) mass is 272 g/mol. The molecule has 2 aromatic rings. The molecular formula is C14H9ClN2O2. The van der Waals surface area contributed by atoms with Gasteiger partial charge in [0.2, 0.25) is 0 Å². The summed E-state index contributed by atoms with van der Waals surface area (Å²) in [6.07, 6.45) is 0. The van der Waals surface area contributed by atoms with E-state index < -0.39 is 5.97 Å². The standard InChI is InChI=1S/C14H9ClN2O2/c1-8-3-4-9(5-11(8)16-2)12-6-10(14(18)19)7-13(15)17-12/h3-7H,1H3,(H,18,19). The van der Waals surface area contributed by atoms with Gasteiger partial charge in [0.25, 0.3) is 0 Å². The number of pyridine rings is 1. The van der Waals surface area contributed by atoms with E-state index in [1.54, 1.807) is 18.2 Å². The summed E-state index contributed by atoms with van der Waals surface area (Å²) in [4.78, 5) is 18.5. The number of aromatic nitrogens is 1. The second-order valence-corrected chi connectivity index (χ2v) is 4.37. The van der Waals surface area contributed by atoms with Crippen molar-refractivity contribution in [2.24, 2.45) is 0 Å². The third-order valence-corrected chi connectivity index (χ3v) is 2.86. The van der Waals surface area contributed by atoms with Crippen LogP contribution in [0, 0.1) is 13.5 Å². The van der Waals surface area contributed by atoms with Crippen LogP contribution in [0.3, 0.4) is 0 Å². The average molecular weight is 273 g/mol. The molecule has 0 saturated carbocycles. The first-order valence-electron chi connectivity index (χ1n) is 5.40. The van der Waals surface area contributed by atoms with E-state index in [2.05, 4.69) is 9.83 Å². The van der Waals surface area contributed by atoms with Gasteiger partial charge in [0.05, 0.1) is 17.8 Å². The molecule has 5 heteroatoms. The van der Waals surface area contributed by atoms with E-state index in [-0.39, 0.29) is 10.7 Å². The minimum absolute atomic E-state index is 0.0694. The van der Waals surface area contributed by atoms with Crippen molar-refractivity contribution in [2.45, 2.75) is 6.92 Å². The zero-order chi connectivity index (χ0) is 14.0. The molecule has 0 aliphatic carbocycles. The minimum atomic E-state index is -1.07. The lowest BCUT2D eigenvalue weighted by Crippen LogP contribution is -1.98. The van der Waals surface area contributed by atoms with Gasteiger partial charge in [-0.25, -0.2) is 14.6 Å². The Morgan fingerprint density at radius 2 is 2.11 bits per heavy atom. The molecule has 1 aromatic carbocycles. The Labute approximate surface area is 115 Å². The zero-order valence-corrected chi connectivity index (χ0v) is 10.8. The van der Waals surface area contributed by atoms with Gasteiger partial charge in [0.15, 0.2) is 5.69 Å². The molecule has 0 saturated heterocycles. The molecule has 1 heterocycles. The summed E-state index contributed by atoms with van der Waals surface area (Å²) in [5, 5.41) is 9.10. The van der Waals surface area contributed by atoms with Gasteiger partial charge in [-0.1, -0.05) is 23.7 Å². The molecule has 0 amide bonds. The van der Waals surface area contributed by atoms with Crippen LogP contribution < -0.4 is 0 Å². The molecule has 0 fully saturated rings. The number of aromatic carboxylic acids is 1. The highest BCUT2D eigenvalue weighted by Gasteiger charge is 2.10. The molecule has 0 unspecified atom stereocenters. The molecule has 0 atom stereocenters. The van der Waals surface area contributed by atoms with Crippen molar-refractivity contribution in [2.75, 3.05) is 0 Å². The van der Waals surface area contributed by atoms with Gasteiger partial charge >= 0.3 is 5.97 Å². The smallest absolute Gasteiger partial charge is 0.335 e. The number of halogens is 1. The maximum atomic E-state index is 11.0. The highest BCUT2D eigenvalue weighted by Crippen LogP contribution is 2.27. The van der Waals surface area contributed by atoms with E-state index in [1.807, 2.05) is 6.92 Å². The fourth-order valence-electron chi connectivity index (χ4n) is 1.66. The van der Waals surface area contributed by atoms with E-state index in [9.17, 15) is 4.79 Å².